The van der Waals surface area contributed by atoms with Crippen LogP contribution in [0.25, 0.3) is 127 Å². The van der Waals surface area contributed by atoms with E-state index in [-0.39, 0.29) is 0 Å². The van der Waals surface area contributed by atoms with E-state index >= 15 is 0 Å². The van der Waals surface area contributed by atoms with Crippen LogP contribution in [0.15, 0.2) is 211 Å². The second-order valence-corrected chi connectivity index (χ2v) is 15.9. The lowest BCUT2D eigenvalue weighted by Crippen LogP contribution is -2.01. The fraction of sp³-hybridized carbons (Fsp3) is 0. The molecule has 0 fully saturated rings. The van der Waals surface area contributed by atoms with Gasteiger partial charge in [-0.1, -0.05) is 176 Å². The Morgan fingerprint density at radius 3 is 1.39 bits per heavy atom. The van der Waals surface area contributed by atoms with Crippen LogP contribution in [0.2, 0.25) is 0 Å². The summed E-state index contributed by atoms with van der Waals surface area (Å²) >= 11 is 0. The molecule has 0 saturated heterocycles. The molecule has 0 aliphatic carbocycles. The van der Waals surface area contributed by atoms with E-state index in [9.17, 15) is 0 Å². The standard InChI is InChI=1S/C57H34N4O/c1-3-13-35(14-4-1)36-23-25-41(26-24-36)56-58-55(40-18-5-2-6-19-40)59-57(60-56)47-34-42(33-46-51-43-20-10-7-17-39(43)29-32-50(51)62-54(46)47)61-48-30-27-37-15-8-11-21-44(37)52(48)53-45-22-12-9-16-38(45)28-31-49(53)61/h1-34H. The first-order chi connectivity index (χ1) is 30.7. The maximum Gasteiger partial charge on any atom is 0.167 e. The minimum atomic E-state index is 0.535. The molecule has 0 unspecified atom stereocenters. The van der Waals surface area contributed by atoms with Crippen molar-refractivity contribution in [1.29, 1.82) is 0 Å². The molecule has 0 amide bonds. The number of hydrogen-bond donors (Lipinski definition) is 0. The van der Waals surface area contributed by atoms with E-state index in [1.165, 1.54) is 32.3 Å². The lowest BCUT2D eigenvalue weighted by Gasteiger charge is -2.13. The molecule has 0 aliphatic heterocycles. The molecule has 0 bridgehead atoms. The smallest absolute Gasteiger partial charge is 0.167 e. The first kappa shape index (κ1) is 34.5. The molecule has 10 aromatic carbocycles. The number of furan rings is 1. The van der Waals surface area contributed by atoms with Gasteiger partial charge in [0.1, 0.15) is 11.2 Å². The van der Waals surface area contributed by atoms with Crippen LogP contribution >= 0.6 is 0 Å². The maximum absolute atomic E-state index is 6.95. The minimum absolute atomic E-state index is 0.535. The molecule has 0 N–H and O–H groups in total. The van der Waals surface area contributed by atoms with E-state index in [1.54, 1.807) is 0 Å². The number of benzene rings is 10. The van der Waals surface area contributed by atoms with Gasteiger partial charge in [-0.25, -0.2) is 15.0 Å². The van der Waals surface area contributed by atoms with Crippen LogP contribution in [-0.2, 0) is 0 Å². The summed E-state index contributed by atoms with van der Waals surface area (Å²) in [6.07, 6.45) is 0. The largest absolute Gasteiger partial charge is 0.455 e. The van der Waals surface area contributed by atoms with Crippen LogP contribution in [0.1, 0.15) is 0 Å². The third-order valence-corrected chi connectivity index (χ3v) is 12.4. The predicted molar refractivity (Wildman–Crippen MR) is 256 cm³/mol. The molecule has 5 heteroatoms. The highest BCUT2D eigenvalue weighted by molar-refractivity contribution is 6.29. The summed E-state index contributed by atoms with van der Waals surface area (Å²) in [5, 5.41) is 11.7. The second-order valence-electron chi connectivity index (χ2n) is 15.9. The second kappa shape index (κ2) is 13.6. The Kier molecular flexibility index (Phi) is 7.54. The van der Waals surface area contributed by atoms with Gasteiger partial charge in [0, 0.05) is 38.4 Å². The van der Waals surface area contributed by atoms with Crippen LogP contribution in [0.4, 0.5) is 0 Å². The average molecular weight is 791 g/mol. The number of aromatic nitrogens is 4. The van der Waals surface area contributed by atoms with Crippen molar-refractivity contribution in [3.63, 3.8) is 0 Å². The Bertz CT molecular complexity index is 3810. The van der Waals surface area contributed by atoms with Gasteiger partial charge < -0.3 is 8.98 Å². The van der Waals surface area contributed by atoms with E-state index in [2.05, 4.69) is 174 Å². The van der Waals surface area contributed by atoms with Gasteiger partial charge in [0.15, 0.2) is 17.5 Å². The zero-order valence-electron chi connectivity index (χ0n) is 33.3. The molecule has 3 heterocycles. The molecule has 5 nitrogen and oxygen atoms in total. The minimum Gasteiger partial charge on any atom is -0.455 e. The highest BCUT2D eigenvalue weighted by Gasteiger charge is 2.24. The van der Waals surface area contributed by atoms with E-state index in [1.807, 2.05) is 36.4 Å². The average Bonchev–Trinajstić information content (AvgIpc) is 3.91. The summed E-state index contributed by atoms with van der Waals surface area (Å²) in [5.41, 5.74) is 9.65. The molecule has 0 atom stereocenters. The highest BCUT2D eigenvalue weighted by Crippen LogP contribution is 2.45. The molecule has 288 valence electrons. The molecule has 0 radical (unpaired) electrons. The Labute approximate surface area is 355 Å². The fourth-order valence-electron chi connectivity index (χ4n) is 9.54. The first-order valence-electron chi connectivity index (χ1n) is 20.9. The van der Waals surface area contributed by atoms with Crippen LogP contribution in [0.3, 0.4) is 0 Å². The van der Waals surface area contributed by atoms with Gasteiger partial charge in [0.05, 0.1) is 16.6 Å². The topological polar surface area (TPSA) is 56.7 Å². The first-order valence-corrected chi connectivity index (χ1v) is 20.9. The molecule has 3 aromatic heterocycles. The van der Waals surface area contributed by atoms with Crippen molar-refractivity contribution in [2.24, 2.45) is 0 Å². The molecular weight excluding hydrogens is 757 g/mol. The lowest BCUT2D eigenvalue weighted by molar-refractivity contribution is 0.669. The number of nitrogens with zero attached hydrogens (tertiary/aromatic N) is 4. The van der Waals surface area contributed by atoms with Gasteiger partial charge in [-0.3, -0.25) is 0 Å². The molecule has 62 heavy (non-hydrogen) atoms. The van der Waals surface area contributed by atoms with Crippen molar-refractivity contribution in [1.82, 2.24) is 19.5 Å². The van der Waals surface area contributed by atoms with Gasteiger partial charge in [-0.2, -0.15) is 0 Å². The number of rotatable bonds is 5. The van der Waals surface area contributed by atoms with Crippen LogP contribution in [0.5, 0.6) is 0 Å². The number of fused-ring (bicyclic) bond motifs is 12. The zero-order chi connectivity index (χ0) is 40.7. The maximum atomic E-state index is 6.95. The van der Waals surface area contributed by atoms with Crippen molar-refractivity contribution >= 4 is 76.1 Å². The van der Waals surface area contributed by atoms with E-state index in [0.29, 0.717) is 17.5 Å². The predicted octanol–water partition coefficient (Wildman–Crippen LogP) is 15.0. The quantitative estimate of drug-likeness (QED) is 0.174. The summed E-state index contributed by atoms with van der Waals surface area (Å²) in [6.45, 7) is 0. The molecule has 13 aromatic rings. The van der Waals surface area contributed by atoms with Crippen molar-refractivity contribution in [3.8, 4) is 51.0 Å². The van der Waals surface area contributed by atoms with Gasteiger partial charge >= 0.3 is 0 Å². The summed E-state index contributed by atoms with van der Waals surface area (Å²) in [5.74, 6) is 1.71. The third-order valence-electron chi connectivity index (χ3n) is 12.4. The van der Waals surface area contributed by atoms with Gasteiger partial charge in [-0.05, 0) is 73.8 Å². The summed E-state index contributed by atoms with van der Waals surface area (Å²) < 4.78 is 9.37. The summed E-state index contributed by atoms with van der Waals surface area (Å²) in [7, 11) is 0. The van der Waals surface area contributed by atoms with Crippen molar-refractivity contribution in [2.45, 2.75) is 0 Å². The van der Waals surface area contributed by atoms with Crippen LogP contribution < -0.4 is 0 Å². The Hall–Kier alpha value is -8.41. The van der Waals surface area contributed by atoms with E-state index in [0.717, 1.165) is 77.2 Å². The third kappa shape index (κ3) is 5.32. The summed E-state index contributed by atoms with van der Waals surface area (Å²) in [4.78, 5) is 15.7. The molecule has 0 aliphatic rings. The molecular formula is C57H34N4O. The Morgan fingerprint density at radius 1 is 0.339 bits per heavy atom. The summed E-state index contributed by atoms with van der Waals surface area (Å²) in [6, 6.07) is 72.7. The monoisotopic (exact) mass is 790 g/mol. The van der Waals surface area contributed by atoms with E-state index < -0.39 is 0 Å². The highest BCUT2D eigenvalue weighted by atomic mass is 16.3. The normalized spacial score (nSPS) is 11.9. The van der Waals surface area contributed by atoms with Crippen molar-refractivity contribution in [2.75, 3.05) is 0 Å². The SMILES string of the molecule is c1ccc(-c2ccc(-c3nc(-c4ccccc4)nc(-c4cc(-n5c6ccc7ccccc7c6c6c7ccccc7ccc65)cc5c4oc4ccc6ccccc6c45)n3)cc2)cc1. The number of hydrogen-bond acceptors (Lipinski definition) is 4. The van der Waals surface area contributed by atoms with Gasteiger partial charge in [0.2, 0.25) is 0 Å². The molecule has 13 rings (SSSR count). The van der Waals surface area contributed by atoms with E-state index in [4.69, 9.17) is 19.4 Å². The van der Waals surface area contributed by atoms with Crippen molar-refractivity contribution < 1.29 is 4.42 Å². The lowest BCUT2D eigenvalue weighted by atomic mass is 10.00. The van der Waals surface area contributed by atoms with Crippen LogP contribution in [-0.4, -0.2) is 19.5 Å². The van der Waals surface area contributed by atoms with Crippen molar-refractivity contribution in [3.05, 3.63) is 206 Å². The Balaban J connectivity index is 1.14. The zero-order valence-corrected chi connectivity index (χ0v) is 33.3. The fourth-order valence-corrected chi connectivity index (χ4v) is 9.54. The van der Waals surface area contributed by atoms with Gasteiger partial charge in [0.25, 0.3) is 0 Å². The molecule has 0 spiro atoms. The van der Waals surface area contributed by atoms with Gasteiger partial charge in [-0.15, -0.1) is 0 Å². The molecule has 0 saturated carbocycles. The van der Waals surface area contributed by atoms with Crippen LogP contribution in [0, 0.1) is 0 Å². The Morgan fingerprint density at radius 2 is 0.790 bits per heavy atom.